The lowest BCUT2D eigenvalue weighted by Crippen LogP contribution is -2.53. The van der Waals surface area contributed by atoms with Gasteiger partial charge in [-0.2, -0.15) is 0 Å². The first-order valence-electron chi connectivity index (χ1n) is 9.86. The number of halogens is 2. The summed E-state index contributed by atoms with van der Waals surface area (Å²) >= 11 is 0. The summed E-state index contributed by atoms with van der Waals surface area (Å²) in [6.45, 7) is 8.17. The SMILES string of the molecule is C=C(CC(C)NC(=C=O)c1cccc(C)c1)C1(C(=O)Nc2ccc(F)c(F)c2)COC1. The molecule has 1 unspecified atom stereocenters. The van der Waals surface area contributed by atoms with Gasteiger partial charge in [0.05, 0.1) is 13.2 Å². The Morgan fingerprint density at radius 2 is 1.97 bits per heavy atom. The molecule has 7 heteroatoms. The van der Waals surface area contributed by atoms with Crippen LogP contribution in [0.15, 0.2) is 54.6 Å². The van der Waals surface area contributed by atoms with E-state index in [9.17, 15) is 18.4 Å². The lowest BCUT2D eigenvalue weighted by atomic mass is 9.75. The summed E-state index contributed by atoms with van der Waals surface area (Å²) in [5, 5.41) is 5.75. The van der Waals surface area contributed by atoms with Crippen LogP contribution in [0.3, 0.4) is 0 Å². The van der Waals surface area contributed by atoms with Crippen molar-refractivity contribution < 1.29 is 23.1 Å². The molecule has 1 fully saturated rings. The molecule has 1 atom stereocenters. The van der Waals surface area contributed by atoms with Gasteiger partial charge in [0.1, 0.15) is 11.1 Å². The van der Waals surface area contributed by atoms with E-state index in [-0.39, 0.29) is 24.9 Å². The highest BCUT2D eigenvalue weighted by Gasteiger charge is 2.48. The first kappa shape index (κ1) is 22.4. The maximum absolute atomic E-state index is 13.5. The van der Waals surface area contributed by atoms with Gasteiger partial charge in [-0.25, -0.2) is 13.6 Å². The van der Waals surface area contributed by atoms with Gasteiger partial charge in [0.15, 0.2) is 17.6 Å². The summed E-state index contributed by atoms with van der Waals surface area (Å²) < 4.78 is 31.9. The first-order chi connectivity index (χ1) is 14.7. The summed E-state index contributed by atoms with van der Waals surface area (Å²) in [4.78, 5) is 24.4. The van der Waals surface area contributed by atoms with Crippen LogP contribution in [0.1, 0.15) is 24.5 Å². The summed E-state index contributed by atoms with van der Waals surface area (Å²) in [5.41, 5.74) is 1.87. The molecular weight excluding hydrogens is 402 g/mol. The van der Waals surface area contributed by atoms with E-state index in [2.05, 4.69) is 17.2 Å². The number of nitrogens with one attached hydrogen (secondary N) is 2. The highest BCUT2D eigenvalue weighted by Crippen LogP contribution is 2.38. The third-order valence-corrected chi connectivity index (χ3v) is 5.34. The minimum Gasteiger partial charge on any atom is -0.378 e. The molecule has 1 heterocycles. The van der Waals surface area contributed by atoms with Gasteiger partial charge in [0.25, 0.3) is 0 Å². The van der Waals surface area contributed by atoms with Crippen molar-refractivity contribution in [3.63, 3.8) is 0 Å². The molecule has 0 bridgehead atoms. The van der Waals surface area contributed by atoms with Crippen LogP contribution >= 0.6 is 0 Å². The number of aryl methyl sites for hydroxylation is 1. The Balaban J connectivity index is 1.67. The monoisotopic (exact) mass is 426 g/mol. The second-order valence-corrected chi connectivity index (χ2v) is 7.86. The third kappa shape index (κ3) is 4.90. The van der Waals surface area contributed by atoms with E-state index in [0.717, 1.165) is 23.3 Å². The van der Waals surface area contributed by atoms with Crippen LogP contribution in [-0.4, -0.2) is 31.1 Å². The van der Waals surface area contributed by atoms with Crippen LogP contribution < -0.4 is 10.6 Å². The van der Waals surface area contributed by atoms with Crippen molar-refractivity contribution in [2.45, 2.75) is 26.3 Å². The van der Waals surface area contributed by atoms with E-state index in [1.54, 1.807) is 0 Å². The van der Waals surface area contributed by atoms with E-state index < -0.39 is 23.0 Å². The largest absolute Gasteiger partial charge is 0.378 e. The van der Waals surface area contributed by atoms with Gasteiger partial charge < -0.3 is 15.4 Å². The van der Waals surface area contributed by atoms with Crippen molar-refractivity contribution in [3.05, 3.63) is 77.4 Å². The smallest absolute Gasteiger partial charge is 0.239 e. The van der Waals surface area contributed by atoms with Crippen molar-refractivity contribution in [2.75, 3.05) is 18.5 Å². The maximum Gasteiger partial charge on any atom is 0.239 e. The highest BCUT2D eigenvalue weighted by atomic mass is 19.2. The maximum atomic E-state index is 13.5. The van der Waals surface area contributed by atoms with E-state index in [1.165, 1.54) is 6.07 Å². The number of ether oxygens (including phenoxy) is 1. The van der Waals surface area contributed by atoms with Crippen LogP contribution in [0.4, 0.5) is 14.5 Å². The lowest BCUT2D eigenvalue weighted by Gasteiger charge is -2.42. The second-order valence-electron chi connectivity index (χ2n) is 7.86. The fourth-order valence-electron chi connectivity index (χ4n) is 3.46. The molecule has 5 nitrogen and oxygen atoms in total. The normalized spacial score (nSPS) is 15.2. The van der Waals surface area contributed by atoms with Gasteiger partial charge in [-0.05, 0) is 38.5 Å². The summed E-state index contributed by atoms with van der Waals surface area (Å²) in [5.74, 6) is -0.492. The lowest BCUT2D eigenvalue weighted by molar-refractivity contribution is -0.148. The van der Waals surface area contributed by atoms with Gasteiger partial charge in [0, 0.05) is 23.4 Å². The van der Waals surface area contributed by atoms with Crippen LogP contribution in [-0.2, 0) is 14.3 Å². The number of carbonyl (C=O) groups is 1. The van der Waals surface area contributed by atoms with Crippen LogP contribution in [0.25, 0.3) is 5.70 Å². The van der Waals surface area contributed by atoms with Gasteiger partial charge in [-0.15, -0.1) is 0 Å². The van der Waals surface area contributed by atoms with E-state index in [1.807, 2.05) is 44.1 Å². The zero-order valence-corrected chi connectivity index (χ0v) is 17.4. The Hall–Kier alpha value is -3.28. The molecule has 1 aliphatic rings. The Morgan fingerprint density at radius 3 is 2.55 bits per heavy atom. The molecule has 0 spiro atoms. The fraction of sp³-hybridized carbons (Fsp3) is 0.292. The number of anilines is 1. The minimum absolute atomic E-state index is 0.141. The molecule has 0 aliphatic carbocycles. The first-order valence-corrected chi connectivity index (χ1v) is 9.86. The molecule has 1 aliphatic heterocycles. The quantitative estimate of drug-likeness (QED) is 0.494. The molecule has 3 rings (SSSR count). The predicted molar refractivity (Wildman–Crippen MR) is 115 cm³/mol. The second kappa shape index (κ2) is 9.25. The Bertz CT molecular complexity index is 1060. The summed E-state index contributed by atoms with van der Waals surface area (Å²) in [7, 11) is 0. The number of carbonyl (C=O) groups excluding carboxylic acids is 2. The van der Waals surface area contributed by atoms with Crippen LogP contribution in [0, 0.1) is 24.0 Å². The van der Waals surface area contributed by atoms with Gasteiger partial charge >= 0.3 is 0 Å². The molecule has 0 saturated carbocycles. The molecule has 2 aromatic rings. The standard InChI is InChI=1S/C24H24F2N2O3/c1-15-5-4-6-18(9-15)22(12-29)27-17(3)10-16(2)24(13-31-14-24)23(30)28-19-7-8-20(25)21(26)11-19/h4-9,11,17,27H,2,10,13-14H2,1,3H3,(H,28,30). The fourth-order valence-corrected chi connectivity index (χ4v) is 3.46. The zero-order chi connectivity index (χ0) is 22.6. The van der Waals surface area contributed by atoms with Crippen molar-refractivity contribution in [3.8, 4) is 0 Å². The highest BCUT2D eigenvalue weighted by molar-refractivity contribution is 5.98. The minimum atomic E-state index is -1.04. The number of hydrogen-bond donors (Lipinski definition) is 2. The van der Waals surface area contributed by atoms with Crippen LogP contribution in [0.2, 0.25) is 0 Å². The zero-order valence-electron chi connectivity index (χ0n) is 17.4. The van der Waals surface area contributed by atoms with Gasteiger partial charge in [-0.3, -0.25) is 4.79 Å². The molecular formula is C24H24F2N2O3. The predicted octanol–water partition coefficient (Wildman–Crippen LogP) is 4.03. The van der Waals surface area contributed by atoms with Crippen molar-refractivity contribution in [1.29, 1.82) is 0 Å². The Labute approximate surface area is 179 Å². The Morgan fingerprint density at radius 1 is 1.23 bits per heavy atom. The molecule has 162 valence electrons. The molecule has 0 radical (unpaired) electrons. The number of hydrogen-bond acceptors (Lipinski definition) is 4. The van der Waals surface area contributed by atoms with E-state index in [4.69, 9.17) is 4.74 Å². The molecule has 1 amide bonds. The van der Waals surface area contributed by atoms with E-state index >= 15 is 0 Å². The number of benzene rings is 2. The Kier molecular flexibility index (Phi) is 6.68. The molecule has 2 aromatic carbocycles. The average molecular weight is 426 g/mol. The molecule has 1 saturated heterocycles. The summed E-state index contributed by atoms with van der Waals surface area (Å²) in [6, 6.07) is 10.5. The third-order valence-electron chi connectivity index (χ3n) is 5.34. The average Bonchev–Trinajstić information content (AvgIpc) is 2.68. The summed E-state index contributed by atoms with van der Waals surface area (Å²) in [6.07, 6.45) is 0.394. The van der Waals surface area contributed by atoms with Gasteiger partial charge in [-0.1, -0.05) is 35.9 Å². The molecule has 31 heavy (non-hydrogen) atoms. The number of amides is 1. The van der Waals surface area contributed by atoms with Gasteiger partial charge in [0.2, 0.25) is 5.91 Å². The van der Waals surface area contributed by atoms with E-state index in [0.29, 0.717) is 17.7 Å². The number of rotatable bonds is 8. The van der Waals surface area contributed by atoms with Crippen molar-refractivity contribution >= 4 is 23.2 Å². The molecule has 2 N–H and O–H groups in total. The van der Waals surface area contributed by atoms with Crippen molar-refractivity contribution in [2.24, 2.45) is 5.41 Å². The topological polar surface area (TPSA) is 67.4 Å². The van der Waals surface area contributed by atoms with Crippen LogP contribution in [0.5, 0.6) is 0 Å². The van der Waals surface area contributed by atoms with Crippen molar-refractivity contribution in [1.82, 2.24) is 5.32 Å². The molecule has 0 aromatic heterocycles.